The first-order chi connectivity index (χ1) is 8.04. The molecule has 0 aromatic heterocycles. The van der Waals surface area contributed by atoms with Crippen LogP contribution in [0.1, 0.15) is 12.5 Å². The van der Waals surface area contributed by atoms with Gasteiger partial charge in [-0.1, -0.05) is 24.6 Å². The van der Waals surface area contributed by atoms with E-state index in [1.807, 2.05) is 0 Å². The van der Waals surface area contributed by atoms with Crippen molar-refractivity contribution in [2.24, 2.45) is 5.92 Å². The maximum Gasteiger partial charge on any atom is 0.309 e. The average Bonchev–Trinajstić information content (AvgIpc) is 2.30. The lowest BCUT2D eigenvalue weighted by atomic mass is 10.2. The Bertz CT molecular complexity index is 398. The van der Waals surface area contributed by atoms with E-state index in [0.717, 1.165) is 0 Å². The second-order valence-electron chi connectivity index (χ2n) is 3.68. The van der Waals surface area contributed by atoms with Crippen LogP contribution < -0.4 is 0 Å². The fourth-order valence-electron chi connectivity index (χ4n) is 1.25. The van der Waals surface area contributed by atoms with E-state index in [0.29, 0.717) is 22.1 Å². The molecule has 0 saturated heterocycles. The minimum absolute atomic E-state index is 0.180. The van der Waals surface area contributed by atoms with Crippen molar-refractivity contribution in [3.05, 3.63) is 34.6 Å². The molecule has 1 rings (SSSR count). The first kappa shape index (κ1) is 14.3. The van der Waals surface area contributed by atoms with Gasteiger partial charge >= 0.3 is 5.97 Å². The van der Waals surface area contributed by atoms with E-state index in [2.05, 4.69) is 4.74 Å². The average molecular weight is 277 g/mol. The summed E-state index contributed by atoms with van der Waals surface area (Å²) in [7, 11) is 1.36. The summed E-state index contributed by atoms with van der Waals surface area (Å²) in [6, 6.07) is 4.61. The number of carbonyl (C=O) groups is 1. The van der Waals surface area contributed by atoms with E-state index < -0.39 is 0 Å². The number of ether oxygens (including phenoxy) is 1. The van der Waals surface area contributed by atoms with Gasteiger partial charge in [0, 0.05) is 16.5 Å². The number of benzene rings is 1. The number of methoxy groups -OCH3 is 1. The maximum absolute atomic E-state index is 13.4. The number of thioether (sulfide) groups is 1. The monoisotopic (exact) mass is 276 g/mol. The zero-order valence-corrected chi connectivity index (χ0v) is 11.3. The van der Waals surface area contributed by atoms with Gasteiger partial charge in [-0.05, 0) is 17.7 Å². The third-order valence-electron chi connectivity index (χ3n) is 2.24. The quantitative estimate of drug-likeness (QED) is 0.770. The van der Waals surface area contributed by atoms with Crippen molar-refractivity contribution in [3.8, 4) is 0 Å². The summed E-state index contributed by atoms with van der Waals surface area (Å²) in [6.07, 6.45) is 0. The van der Waals surface area contributed by atoms with Crippen LogP contribution in [0.2, 0.25) is 5.02 Å². The van der Waals surface area contributed by atoms with Crippen molar-refractivity contribution in [1.29, 1.82) is 0 Å². The normalized spacial score (nSPS) is 12.2. The van der Waals surface area contributed by atoms with Crippen LogP contribution in [-0.2, 0) is 15.3 Å². The standard InChI is InChI=1S/C12H14ClFO2S/c1-8(12(15)16-2)6-17-7-9-3-4-10(13)5-11(9)14/h3-5,8H,6-7H2,1-2H3. The Morgan fingerprint density at radius 1 is 1.59 bits per heavy atom. The van der Waals surface area contributed by atoms with Crippen molar-refractivity contribution < 1.29 is 13.9 Å². The molecule has 2 nitrogen and oxygen atoms in total. The van der Waals surface area contributed by atoms with E-state index in [4.69, 9.17) is 11.6 Å². The van der Waals surface area contributed by atoms with Crippen LogP contribution in [0.4, 0.5) is 4.39 Å². The molecule has 1 unspecified atom stereocenters. The molecule has 0 aliphatic carbocycles. The molecule has 0 spiro atoms. The van der Waals surface area contributed by atoms with Gasteiger partial charge in [0.2, 0.25) is 0 Å². The fourth-order valence-corrected chi connectivity index (χ4v) is 2.47. The van der Waals surface area contributed by atoms with Crippen LogP contribution >= 0.6 is 23.4 Å². The van der Waals surface area contributed by atoms with Crippen molar-refractivity contribution in [1.82, 2.24) is 0 Å². The Balaban J connectivity index is 2.43. The number of halogens is 2. The molecule has 0 bridgehead atoms. The summed E-state index contributed by atoms with van der Waals surface area (Å²) in [6.45, 7) is 1.79. The lowest BCUT2D eigenvalue weighted by Gasteiger charge is -2.09. The predicted octanol–water partition coefficient (Wildman–Crippen LogP) is 3.52. The topological polar surface area (TPSA) is 26.3 Å². The first-order valence-electron chi connectivity index (χ1n) is 5.14. The molecule has 0 heterocycles. The number of rotatable bonds is 5. The summed E-state index contributed by atoms with van der Waals surface area (Å²) in [5.41, 5.74) is 0.594. The lowest BCUT2D eigenvalue weighted by molar-refractivity contribution is -0.143. The summed E-state index contributed by atoms with van der Waals surface area (Å²) < 4.78 is 18.0. The Labute approximate surface area is 109 Å². The highest BCUT2D eigenvalue weighted by molar-refractivity contribution is 7.98. The van der Waals surface area contributed by atoms with Crippen molar-refractivity contribution in [2.75, 3.05) is 12.9 Å². The Morgan fingerprint density at radius 2 is 2.29 bits per heavy atom. The molecule has 5 heteroatoms. The molecule has 0 saturated carbocycles. The molecule has 94 valence electrons. The van der Waals surface area contributed by atoms with Gasteiger partial charge in [0.25, 0.3) is 0 Å². The van der Waals surface area contributed by atoms with Gasteiger partial charge in [-0.2, -0.15) is 11.8 Å². The second-order valence-corrected chi connectivity index (χ2v) is 5.14. The van der Waals surface area contributed by atoms with Crippen LogP contribution in [0.25, 0.3) is 0 Å². The van der Waals surface area contributed by atoms with Gasteiger partial charge in [0.15, 0.2) is 0 Å². The molecule has 0 amide bonds. The molecule has 1 aromatic carbocycles. The van der Waals surface area contributed by atoms with E-state index in [1.165, 1.54) is 24.9 Å². The van der Waals surface area contributed by atoms with Crippen molar-refractivity contribution in [2.45, 2.75) is 12.7 Å². The van der Waals surface area contributed by atoms with Crippen LogP contribution in [0, 0.1) is 11.7 Å². The summed E-state index contributed by atoms with van der Waals surface area (Å²) in [5.74, 6) is 0.393. The van der Waals surface area contributed by atoms with Crippen molar-refractivity contribution >= 4 is 29.3 Å². The summed E-state index contributed by atoms with van der Waals surface area (Å²) in [4.78, 5) is 11.1. The molecule has 0 fully saturated rings. The van der Waals surface area contributed by atoms with E-state index in [1.54, 1.807) is 19.1 Å². The van der Waals surface area contributed by atoms with Crippen LogP contribution in [0.15, 0.2) is 18.2 Å². The Morgan fingerprint density at radius 3 is 2.88 bits per heavy atom. The zero-order chi connectivity index (χ0) is 12.8. The summed E-state index contributed by atoms with van der Waals surface area (Å²) >= 11 is 7.15. The van der Waals surface area contributed by atoms with Gasteiger partial charge in [0.1, 0.15) is 5.82 Å². The van der Waals surface area contributed by atoms with Crippen molar-refractivity contribution in [3.63, 3.8) is 0 Å². The molecule has 17 heavy (non-hydrogen) atoms. The Kier molecular flexibility index (Phi) is 5.78. The van der Waals surface area contributed by atoms with Gasteiger partial charge in [-0.15, -0.1) is 0 Å². The molecule has 0 aliphatic heterocycles. The van der Waals surface area contributed by atoms with Crippen LogP contribution in [-0.4, -0.2) is 18.8 Å². The SMILES string of the molecule is COC(=O)C(C)CSCc1ccc(Cl)cc1F. The predicted molar refractivity (Wildman–Crippen MR) is 68.8 cm³/mol. The van der Waals surface area contributed by atoms with Crippen LogP contribution in [0.5, 0.6) is 0 Å². The second kappa shape index (κ2) is 6.87. The molecular formula is C12H14ClFO2S. The van der Waals surface area contributed by atoms with Gasteiger partial charge < -0.3 is 4.74 Å². The molecule has 0 radical (unpaired) electrons. The van der Waals surface area contributed by atoms with Gasteiger partial charge in [-0.3, -0.25) is 4.79 Å². The third-order valence-corrected chi connectivity index (χ3v) is 3.73. The zero-order valence-electron chi connectivity index (χ0n) is 9.70. The molecule has 0 aliphatic rings. The number of hydrogen-bond acceptors (Lipinski definition) is 3. The van der Waals surface area contributed by atoms with Gasteiger partial charge in [-0.25, -0.2) is 4.39 Å². The lowest BCUT2D eigenvalue weighted by Crippen LogP contribution is -2.14. The highest BCUT2D eigenvalue weighted by atomic mass is 35.5. The number of esters is 1. The van der Waals surface area contributed by atoms with E-state index in [-0.39, 0.29) is 17.7 Å². The first-order valence-corrected chi connectivity index (χ1v) is 6.67. The largest absolute Gasteiger partial charge is 0.469 e. The Hall–Kier alpha value is -0.740. The molecular weight excluding hydrogens is 263 g/mol. The number of carbonyl (C=O) groups excluding carboxylic acids is 1. The fraction of sp³-hybridized carbons (Fsp3) is 0.417. The highest BCUT2D eigenvalue weighted by Crippen LogP contribution is 2.21. The number of hydrogen-bond donors (Lipinski definition) is 0. The highest BCUT2D eigenvalue weighted by Gasteiger charge is 2.13. The summed E-state index contributed by atoms with van der Waals surface area (Å²) in [5, 5.41) is 0.388. The van der Waals surface area contributed by atoms with E-state index in [9.17, 15) is 9.18 Å². The smallest absolute Gasteiger partial charge is 0.309 e. The van der Waals surface area contributed by atoms with Crippen LogP contribution in [0.3, 0.4) is 0 Å². The van der Waals surface area contributed by atoms with Gasteiger partial charge in [0.05, 0.1) is 13.0 Å². The minimum atomic E-state index is -0.310. The van der Waals surface area contributed by atoms with E-state index >= 15 is 0 Å². The minimum Gasteiger partial charge on any atom is -0.469 e. The molecule has 1 aromatic rings. The maximum atomic E-state index is 13.4. The third kappa shape index (κ3) is 4.56. The molecule has 0 N–H and O–H groups in total. The molecule has 1 atom stereocenters.